The number of ketones is 1. The molecule has 0 N–H and O–H groups in total. The molecule has 0 saturated carbocycles. The minimum absolute atomic E-state index is 0.141. The molecule has 26 heavy (non-hydrogen) atoms. The second-order valence-electron chi connectivity index (χ2n) is 6.99. The molecule has 0 radical (unpaired) electrons. The number of para-hydroxylation sites is 1. The highest BCUT2D eigenvalue weighted by atomic mass is 16.5. The van der Waals surface area contributed by atoms with E-state index in [0.29, 0.717) is 5.69 Å². The van der Waals surface area contributed by atoms with Crippen LogP contribution in [0, 0.1) is 5.41 Å². The van der Waals surface area contributed by atoms with Gasteiger partial charge in [-0.1, -0.05) is 51.1 Å². The number of hydrogen-bond acceptors (Lipinski definition) is 4. The summed E-state index contributed by atoms with van der Waals surface area (Å²) in [6, 6.07) is 15.6. The number of hydrogen-bond donors (Lipinski definition) is 0. The summed E-state index contributed by atoms with van der Waals surface area (Å²) >= 11 is 0. The summed E-state index contributed by atoms with van der Waals surface area (Å²) in [5, 5.41) is 0. The summed E-state index contributed by atoms with van der Waals surface area (Å²) in [5.74, 6) is -1.20. The number of nitrogens with zero attached hydrogens (tertiary/aromatic N) is 1. The summed E-state index contributed by atoms with van der Waals surface area (Å²) in [7, 11) is 1.64. The van der Waals surface area contributed by atoms with E-state index in [1.54, 1.807) is 58.2 Å². The van der Waals surface area contributed by atoms with Gasteiger partial charge in [0, 0.05) is 18.2 Å². The van der Waals surface area contributed by atoms with Crippen molar-refractivity contribution in [3.05, 3.63) is 65.7 Å². The summed E-state index contributed by atoms with van der Waals surface area (Å²) in [4.78, 5) is 38.7. The van der Waals surface area contributed by atoms with Gasteiger partial charge in [0.1, 0.15) is 0 Å². The highest BCUT2D eigenvalue weighted by Crippen LogP contribution is 2.19. The van der Waals surface area contributed by atoms with Crippen LogP contribution in [0.25, 0.3) is 0 Å². The molecule has 0 bridgehead atoms. The maximum atomic E-state index is 12.8. The molecule has 2 aromatic carbocycles. The molecule has 136 valence electrons. The Kier molecular flexibility index (Phi) is 5.93. The van der Waals surface area contributed by atoms with Gasteiger partial charge in [-0.25, -0.2) is 4.79 Å². The third kappa shape index (κ3) is 4.57. The fourth-order valence-electron chi connectivity index (χ4n) is 2.22. The zero-order chi connectivity index (χ0) is 19.3. The molecule has 2 rings (SSSR count). The van der Waals surface area contributed by atoms with Gasteiger partial charge in [-0.2, -0.15) is 0 Å². The van der Waals surface area contributed by atoms with Crippen molar-refractivity contribution in [2.24, 2.45) is 5.41 Å². The van der Waals surface area contributed by atoms with Crippen molar-refractivity contribution in [1.29, 1.82) is 0 Å². The van der Waals surface area contributed by atoms with Crippen molar-refractivity contribution >= 4 is 23.3 Å². The lowest BCUT2D eigenvalue weighted by Crippen LogP contribution is -2.29. The third-order valence-corrected chi connectivity index (χ3v) is 4.00. The zero-order valence-corrected chi connectivity index (χ0v) is 15.5. The third-order valence-electron chi connectivity index (χ3n) is 4.00. The lowest BCUT2D eigenvalue weighted by atomic mass is 9.91. The van der Waals surface area contributed by atoms with Crippen LogP contribution in [0.5, 0.6) is 0 Å². The predicted molar refractivity (Wildman–Crippen MR) is 100 cm³/mol. The Balaban J connectivity index is 2.20. The first-order valence-corrected chi connectivity index (χ1v) is 8.34. The fourth-order valence-corrected chi connectivity index (χ4v) is 2.22. The van der Waals surface area contributed by atoms with E-state index in [4.69, 9.17) is 4.74 Å². The maximum Gasteiger partial charge on any atom is 0.339 e. The molecule has 1 amide bonds. The average molecular weight is 353 g/mol. The lowest BCUT2D eigenvalue weighted by Gasteiger charge is -2.19. The van der Waals surface area contributed by atoms with Crippen LogP contribution in [0.2, 0.25) is 0 Å². The van der Waals surface area contributed by atoms with Gasteiger partial charge in [0.15, 0.2) is 12.4 Å². The summed E-state index contributed by atoms with van der Waals surface area (Å²) < 4.78 is 5.13. The molecule has 0 heterocycles. The van der Waals surface area contributed by atoms with Crippen LogP contribution in [-0.4, -0.2) is 31.3 Å². The van der Waals surface area contributed by atoms with E-state index in [0.717, 1.165) is 0 Å². The first-order chi connectivity index (χ1) is 12.2. The molecule has 0 saturated heterocycles. The smallest absolute Gasteiger partial charge is 0.339 e. The zero-order valence-electron chi connectivity index (χ0n) is 15.5. The second-order valence-corrected chi connectivity index (χ2v) is 6.99. The van der Waals surface area contributed by atoms with E-state index in [-0.39, 0.29) is 29.4 Å². The van der Waals surface area contributed by atoms with E-state index < -0.39 is 11.4 Å². The van der Waals surface area contributed by atoms with E-state index in [1.165, 1.54) is 11.0 Å². The van der Waals surface area contributed by atoms with Gasteiger partial charge in [-0.15, -0.1) is 0 Å². The minimum atomic E-state index is -0.687. The Hall–Kier alpha value is -2.95. The van der Waals surface area contributed by atoms with Crippen LogP contribution < -0.4 is 4.90 Å². The second kappa shape index (κ2) is 7.95. The molecule has 0 aliphatic rings. The number of ether oxygens (including phenoxy) is 1. The van der Waals surface area contributed by atoms with Gasteiger partial charge < -0.3 is 9.64 Å². The Labute approximate surface area is 153 Å². The Morgan fingerprint density at radius 2 is 1.42 bits per heavy atom. The van der Waals surface area contributed by atoms with Crippen molar-refractivity contribution in [1.82, 2.24) is 0 Å². The summed E-state index contributed by atoms with van der Waals surface area (Å²) in [6.45, 7) is 4.96. The molecule has 2 aromatic rings. The van der Waals surface area contributed by atoms with E-state index in [2.05, 4.69) is 0 Å². The Morgan fingerprint density at radius 3 is 2.00 bits per heavy atom. The van der Waals surface area contributed by atoms with Crippen molar-refractivity contribution in [3.8, 4) is 0 Å². The van der Waals surface area contributed by atoms with Crippen LogP contribution in [0.15, 0.2) is 54.6 Å². The van der Waals surface area contributed by atoms with Crippen LogP contribution in [0.3, 0.4) is 0 Å². The maximum absolute atomic E-state index is 12.8. The van der Waals surface area contributed by atoms with Gasteiger partial charge in [0.25, 0.3) is 5.91 Å². The quantitative estimate of drug-likeness (QED) is 0.768. The normalized spacial score (nSPS) is 10.9. The van der Waals surface area contributed by atoms with Crippen molar-refractivity contribution < 1.29 is 19.1 Å². The van der Waals surface area contributed by atoms with Crippen molar-refractivity contribution in [2.75, 3.05) is 18.6 Å². The first-order valence-electron chi connectivity index (χ1n) is 8.34. The fraction of sp³-hybridized carbons (Fsp3) is 0.286. The molecule has 0 unspecified atom stereocenters. The first kappa shape index (κ1) is 19.4. The number of rotatable bonds is 5. The molecule has 5 heteroatoms. The van der Waals surface area contributed by atoms with E-state index in [9.17, 15) is 14.4 Å². The molecule has 5 nitrogen and oxygen atoms in total. The topological polar surface area (TPSA) is 63.7 Å². The monoisotopic (exact) mass is 353 g/mol. The highest BCUT2D eigenvalue weighted by molar-refractivity contribution is 6.12. The highest BCUT2D eigenvalue weighted by Gasteiger charge is 2.25. The number of esters is 1. The van der Waals surface area contributed by atoms with Gasteiger partial charge in [0.2, 0.25) is 0 Å². The Morgan fingerprint density at radius 1 is 0.885 bits per heavy atom. The number of amides is 1. The molecular formula is C21H23NO4. The Bertz CT molecular complexity index is 806. The molecule has 0 fully saturated rings. The minimum Gasteiger partial charge on any atom is -0.454 e. The van der Waals surface area contributed by atoms with Gasteiger partial charge in [0.05, 0.1) is 11.1 Å². The molecule has 0 atom stereocenters. The average Bonchev–Trinajstić information content (AvgIpc) is 2.64. The number of benzene rings is 2. The van der Waals surface area contributed by atoms with Crippen LogP contribution in [-0.2, 0) is 9.53 Å². The van der Waals surface area contributed by atoms with Gasteiger partial charge in [-0.3, -0.25) is 9.59 Å². The van der Waals surface area contributed by atoms with Crippen LogP contribution >= 0.6 is 0 Å². The van der Waals surface area contributed by atoms with Gasteiger partial charge >= 0.3 is 5.97 Å². The largest absolute Gasteiger partial charge is 0.454 e. The summed E-state index contributed by atoms with van der Waals surface area (Å²) in [5.41, 5.74) is 0.487. The van der Waals surface area contributed by atoms with Crippen LogP contribution in [0.4, 0.5) is 5.69 Å². The summed E-state index contributed by atoms with van der Waals surface area (Å²) in [6.07, 6.45) is 0. The molecular weight excluding hydrogens is 330 g/mol. The van der Waals surface area contributed by atoms with Gasteiger partial charge in [-0.05, 0) is 24.3 Å². The number of carbonyl (C=O) groups excluding carboxylic acids is 3. The van der Waals surface area contributed by atoms with Crippen molar-refractivity contribution in [2.45, 2.75) is 20.8 Å². The molecule has 0 aliphatic carbocycles. The van der Waals surface area contributed by atoms with E-state index >= 15 is 0 Å². The van der Waals surface area contributed by atoms with E-state index in [1.807, 2.05) is 18.2 Å². The SMILES string of the molecule is CN(C(=O)c1ccccc1C(=O)OCC(=O)C(C)(C)C)c1ccccc1. The lowest BCUT2D eigenvalue weighted by molar-refractivity contribution is -0.129. The molecule has 0 aliphatic heterocycles. The predicted octanol–water partition coefficient (Wildman–Crippen LogP) is 3.74. The standard InChI is InChI=1S/C21H23NO4/c1-21(2,3)18(23)14-26-20(25)17-13-9-8-12-16(17)19(24)22(4)15-10-6-5-7-11-15/h5-13H,14H2,1-4H3. The number of Topliss-reactive ketones (excluding diaryl/α,β-unsaturated/α-hetero) is 1. The van der Waals surface area contributed by atoms with Crippen molar-refractivity contribution in [3.63, 3.8) is 0 Å². The molecule has 0 aromatic heterocycles. The molecule has 0 spiro atoms. The number of anilines is 1. The number of carbonyl (C=O) groups is 3. The van der Waals surface area contributed by atoms with Crippen LogP contribution in [0.1, 0.15) is 41.5 Å².